The van der Waals surface area contributed by atoms with Crippen molar-refractivity contribution in [3.8, 4) is 0 Å². The van der Waals surface area contributed by atoms with E-state index in [2.05, 4.69) is 35.9 Å². The predicted molar refractivity (Wildman–Crippen MR) is 121 cm³/mol. The number of anilines is 4. The monoisotopic (exact) mass is 468 g/mol. The highest BCUT2D eigenvalue weighted by molar-refractivity contribution is 7.13. The number of ether oxygens (including phenoxy) is 1. The number of nitrogens with one attached hydrogen (secondary N) is 3. The first-order chi connectivity index (χ1) is 16.0. The van der Waals surface area contributed by atoms with Crippen molar-refractivity contribution in [2.45, 2.75) is 18.6 Å². The number of nitrogens with zero attached hydrogens (tertiary/aromatic N) is 6. The van der Waals surface area contributed by atoms with Crippen molar-refractivity contribution in [1.29, 1.82) is 0 Å². The number of fused-ring (bicyclic) bond motifs is 1. The first-order valence-electron chi connectivity index (χ1n) is 9.99. The van der Waals surface area contributed by atoms with Gasteiger partial charge in [0.15, 0.2) is 16.8 Å². The number of primary amides is 1. The molecular weight excluding hydrogens is 448 g/mol. The third-order valence-corrected chi connectivity index (χ3v) is 5.98. The lowest BCUT2D eigenvalue weighted by Crippen LogP contribution is -2.41. The molecule has 1 aliphatic heterocycles. The number of rotatable bonds is 7. The van der Waals surface area contributed by atoms with Crippen LogP contribution in [0.3, 0.4) is 0 Å². The number of carbonyl (C=O) groups excluding carboxylic acids is 2. The summed E-state index contributed by atoms with van der Waals surface area (Å²) >= 11 is 1.34. The van der Waals surface area contributed by atoms with E-state index in [0.717, 1.165) is 0 Å². The van der Waals surface area contributed by atoms with Gasteiger partial charge in [0.05, 0.1) is 6.10 Å². The number of methoxy groups -OCH3 is 1. The molecule has 5 rings (SSSR count). The molecular formula is C19H20N10O3S. The van der Waals surface area contributed by atoms with Crippen LogP contribution in [0.15, 0.2) is 36.0 Å². The minimum absolute atomic E-state index is 0.165. The fraction of sp³-hybridized carbons (Fsp3) is 0.263. The molecule has 2 amide bonds. The molecule has 170 valence electrons. The molecule has 4 aromatic rings. The highest BCUT2D eigenvalue weighted by atomic mass is 32.1. The summed E-state index contributed by atoms with van der Waals surface area (Å²) in [5.41, 5.74) is 6.15. The normalized spacial score (nSPS) is 18.0. The summed E-state index contributed by atoms with van der Waals surface area (Å²) in [5.74, 6) is 0.320. The maximum Gasteiger partial charge on any atom is 0.266 e. The fourth-order valence-electron chi connectivity index (χ4n) is 3.68. The zero-order valence-corrected chi connectivity index (χ0v) is 18.2. The van der Waals surface area contributed by atoms with Gasteiger partial charge in [0, 0.05) is 43.9 Å². The highest BCUT2D eigenvalue weighted by Gasteiger charge is 2.39. The summed E-state index contributed by atoms with van der Waals surface area (Å²) < 4.78 is 7.19. The van der Waals surface area contributed by atoms with Gasteiger partial charge in [-0.3, -0.25) is 14.7 Å². The zero-order chi connectivity index (χ0) is 22.9. The molecule has 0 unspecified atom stereocenters. The Bertz CT molecular complexity index is 1300. The number of nitrogens with two attached hydrogens (primary N) is 1. The second-order valence-electron chi connectivity index (χ2n) is 7.34. The van der Waals surface area contributed by atoms with Crippen molar-refractivity contribution in [1.82, 2.24) is 29.8 Å². The van der Waals surface area contributed by atoms with E-state index in [4.69, 9.17) is 10.5 Å². The van der Waals surface area contributed by atoms with Crippen molar-refractivity contribution >= 4 is 51.4 Å². The van der Waals surface area contributed by atoms with Gasteiger partial charge in [0.2, 0.25) is 11.9 Å². The largest absolute Gasteiger partial charge is 0.380 e. The quantitative estimate of drug-likeness (QED) is 0.309. The molecule has 5 heterocycles. The molecule has 13 nitrogen and oxygen atoms in total. The van der Waals surface area contributed by atoms with Crippen LogP contribution in [-0.4, -0.2) is 67.4 Å². The van der Waals surface area contributed by atoms with Crippen molar-refractivity contribution in [2.75, 3.05) is 29.2 Å². The Labute approximate surface area is 191 Å². The summed E-state index contributed by atoms with van der Waals surface area (Å²) in [4.78, 5) is 35.0. The number of aromatic nitrogens is 6. The summed E-state index contributed by atoms with van der Waals surface area (Å²) in [6.07, 6.45) is 3.72. The number of amides is 2. The van der Waals surface area contributed by atoms with Crippen LogP contribution in [-0.2, 0) is 9.53 Å². The first-order valence-corrected chi connectivity index (χ1v) is 10.9. The van der Waals surface area contributed by atoms with Gasteiger partial charge >= 0.3 is 0 Å². The molecule has 1 saturated heterocycles. The highest BCUT2D eigenvalue weighted by Crippen LogP contribution is 2.28. The Kier molecular flexibility index (Phi) is 5.35. The van der Waals surface area contributed by atoms with Crippen LogP contribution in [0.5, 0.6) is 0 Å². The van der Waals surface area contributed by atoms with Crippen molar-refractivity contribution in [3.63, 3.8) is 0 Å². The predicted octanol–water partition coefficient (Wildman–Crippen LogP) is 0.984. The van der Waals surface area contributed by atoms with Gasteiger partial charge in [-0.2, -0.15) is 10.1 Å². The van der Waals surface area contributed by atoms with Crippen molar-refractivity contribution < 1.29 is 14.3 Å². The Morgan fingerprint density at radius 3 is 3.00 bits per heavy atom. The van der Waals surface area contributed by atoms with E-state index in [-0.39, 0.29) is 17.7 Å². The lowest BCUT2D eigenvalue weighted by molar-refractivity contribution is -0.117. The van der Waals surface area contributed by atoms with Gasteiger partial charge in [0.25, 0.3) is 5.91 Å². The second kappa shape index (κ2) is 8.48. The van der Waals surface area contributed by atoms with Crippen LogP contribution in [0.2, 0.25) is 0 Å². The molecule has 5 N–H and O–H groups in total. The number of thiazole rings is 1. The minimum Gasteiger partial charge on any atom is -0.380 e. The third-order valence-electron chi connectivity index (χ3n) is 5.29. The van der Waals surface area contributed by atoms with Crippen molar-refractivity contribution in [2.24, 2.45) is 5.73 Å². The summed E-state index contributed by atoms with van der Waals surface area (Å²) in [6.45, 7) is 0.437. The van der Waals surface area contributed by atoms with Crippen LogP contribution < -0.4 is 21.3 Å². The number of aromatic amines is 1. The van der Waals surface area contributed by atoms with E-state index in [1.807, 2.05) is 12.1 Å². The Morgan fingerprint density at radius 1 is 1.39 bits per heavy atom. The van der Waals surface area contributed by atoms with Crippen LogP contribution in [0.4, 0.5) is 22.7 Å². The molecule has 14 heteroatoms. The summed E-state index contributed by atoms with van der Waals surface area (Å²) in [6, 6.07) is 4.60. The minimum atomic E-state index is -0.622. The standard InChI is InChI=1S/C19H20N10O3S/c1-32-10-7-13(17(31)24-19-21-4-6-33-19)28(9-10)18-23-16(12-3-2-5-29(12)27-18)22-14-8-11(15(20)30)25-26-14/h2-6,8,10,13H,7,9H2,1H3,(H2,20,30)(H,21,24,31)(H2,22,23,25,26,27)/t10-,13-/m0/s1. The molecule has 0 aliphatic carbocycles. The summed E-state index contributed by atoms with van der Waals surface area (Å²) in [7, 11) is 1.61. The van der Waals surface area contributed by atoms with Crippen LogP contribution in [0, 0.1) is 0 Å². The number of H-pyrrole nitrogens is 1. The van der Waals surface area contributed by atoms with E-state index in [1.165, 1.54) is 17.4 Å². The molecule has 0 radical (unpaired) electrons. The van der Waals surface area contributed by atoms with E-state index < -0.39 is 11.9 Å². The maximum absolute atomic E-state index is 13.0. The van der Waals surface area contributed by atoms with Gasteiger partial charge in [-0.15, -0.1) is 16.4 Å². The van der Waals surface area contributed by atoms with E-state index >= 15 is 0 Å². The van der Waals surface area contributed by atoms with Crippen molar-refractivity contribution in [3.05, 3.63) is 41.7 Å². The molecule has 1 aliphatic rings. The molecule has 0 saturated carbocycles. The number of carbonyl (C=O) groups is 2. The molecule has 1 fully saturated rings. The van der Waals surface area contributed by atoms with Gasteiger partial charge in [0.1, 0.15) is 17.3 Å². The molecule has 4 aromatic heterocycles. The van der Waals surface area contributed by atoms with E-state index in [0.29, 0.717) is 41.2 Å². The lowest BCUT2D eigenvalue weighted by atomic mass is 10.2. The lowest BCUT2D eigenvalue weighted by Gasteiger charge is -2.23. The average Bonchev–Trinajstić information content (AvgIpc) is 3.59. The van der Waals surface area contributed by atoms with Gasteiger partial charge in [-0.05, 0) is 12.1 Å². The fourth-order valence-corrected chi connectivity index (χ4v) is 4.21. The maximum atomic E-state index is 13.0. The van der Waals surface area contributed by atoms with E-state index in [1.54, 1.807) is 34.3 Å². The van der Waals surface area contributed by atoms with Gasteiger partial charge in [-0.1, -0.05) is 0 Å². The number of hydrogen-bond acceptors (Lipinski definition) is 10. The van der Waals surface area contributed by atoms with Crippen LogP contribution in [0.25, 0.3) is 5.52 Å². The van der Waals surface area contributed by atoms with Crippen LogP contribution in [0.1, 0.15) is 16.9 Å². The Balaban J connectivity index is 1.48. The SMILES string of the molecule is CO[C@H]1C[C@@H](C(=O)Nc2nccs2)N(c2nc(Nc3cc(C(N)=O)[nH]n3)c3cccn3n2)C1. The summed E-state index contributed by atoms with van der Waals surface area (Å²) in [5, 5.41) is 19.5. The molecule has 0 aromatic carbocycles. The average molecular weight is 469 g/mol. The topological polar surface area (TPSA) is 168 Å². The molecule has 0 bridgehead atoms. The molecule has 2 atom stereocenters. The van der Waals surface area contributed by atoms with Gasteiger partial charge in [-0.25, -0.2) is 9.50 Å². The third kappa shape index (κ3) is 4.08. The first kappa shape index (κ1) is 20.8. The number of hydrogen-bond donors (Lipinski definition) is 4. The van der Waals surface area contributed by atoms with Crippen LogP contribution >= 0.6 is 11.3 Å². The smallest absolute Gasteiger partial charge is 0.266 e. The molecule has 33 heavy (non-hydrogen) atoms. The Morgan fingerprint density at radius 2 is 2.27 bits per heavy atom. The van der Waals surface area contributed by atoms with Gasteiger partial charge < -0.3 is 26.0 Å². The van der Waals surface area contributed by atoms with E-state index in [9.17, 15) is 9.59 Å². The Hall–Kier alpha value is -4.04. The molecule has 0 spiro atoms. The zero-order valence-electron chi connectivity index (χ0n) is 17.4. The second-order valence-corrected chi connectivity index (χ2v) is 8.24.